The largest absolute Gasteiger partial charge is 0.478 e. The SMILES string of the molecule is CS(=O)(=O)NCCNC(=O)Nc1ccc(I)cc1C(=O)O. The van der Waals surface area contributed by atoms with Crippen molar-refractivity contribution in [3.63, 3.8) is 0 Å². The molecule has 2 amide bonds. The van der Waals surface area contributed by atoms with Crippen molar-refractivity contribution in [2.75, 3.05) is 24.7 Å². The molecule has 1 rings (SSSR count). The second kappa shape index (κ2) is 7.56. The van der Waals surface area contributed by atoms with Crippen LogP contribution in [-0.4, -0.2) is 44.9 Å². The van der Waals surface area contributed by atoms with Gasteiger partial charge in [0, 0.05) is 16.7 Å². The maximum Gasteiger partial charge on any atom is 0.337 e. The molecule has 10 heteroatoms. The molecule has 0 unspecified atom stereocenters. The van der Waals surface area contributed by atoms with E-state index in [2.05, 4.69) is 15.4 Å². The van der Waals surface area contributed by atoms with Gasteiger partial charge < -0.3 is 15.7 Å². The van der Waals surface area contributed by atoms with Gasteiger partial charge in [0.25, 0.3) is 0 Å². The van der Waals surface area contributed by atoms with E-state index in [9.17, 15) is 18.0 Å². The van der Waals surface area contributed by atoms with E-state index in [1.54, 1.807) is 6.07 Å². The van der Waals surface area contributed by atoms with Crippen molar-refractivity contribution < 1.29 is 23.1 Å². The predicted octanol–water partition coefficient (Wildman–Crippen LogP) is 0.660. The van der Waals surface area contributed by atoms with Crippen LogP contribution in [0.25, 0.3) is 0 Å². The first-order chi connectivity index (χ1) is 9.69. The summed E-state index contributed by atoms with van der Waals surface area (Å²) in [5.41, 5.74) is 0.141. The van der Waals surface area contributed by atoms with E-state index in [1.807, 2.05) is 22.6 Å². The Bertz CT molecular complexity index is 647. The van der Waals surface area contributed by atoms with Gasteiger partial charge in [0.05, 0.1) is 17.5 Å². The molecule has 116 valence electrons. The summed E-state index contributed by atoms with van der Waals surface area (Å²) in [7, 11) is -3.30. The van der Waals surface area contributed by atoms with Gasteiger partial charge in [-0.1, -0.05) is 0 Å². The van der Waals surface area contributed by atoms with Crippen molar-refractivity contribution in [3.05, 3.63) is 27.3 Å². The lowest BCUT2D eigenvalue weighted by atomic mass is 10.2. The van der Waals surface area contributed by atoms with Crippen LogP contribution >= 0.6 is 22.6 Å². The molecule has 21 heavy (non-hydrogen) atoms. The molecular formula is C11H14IN3O5S. The number of sulfonamides is 1. The number of rotatable bonds is 6. The van der Waals surface area contributed by atoms with E-state index in [0.717, 1.165) is 9.83 Å². The number of carbonyl (C=O) groups excluding carboxylic acids is 1. The van der Waals surface area contributed by atoms with Gasteiger partial charge in [0.15, 0.2) is 0 Å². The van der Waals surface area contributed by atoms with Crippen LogP contribution in [0.3, 0.4) is 0 Å². The minimum atomic E-state index is -3.30. The van der Waals surface area contributed by atoms with E-state index < -0.39 is 22.0 Å². The number of benzene rings is 1. The number of carboxylic acids is 1. The third kappa shape index (κ3) is 6.73. The van der Waals surface area contributed by atoms with Crippen LogP contribution in [0.15, 0.2) is 18.2 Å². The number of hydrogen-bond acceptors (Lipinski definition) is 4. The highest BCUT2D eigenvalue weighted by Gasteiger charge is 2.12. The van der Waals surface area contributed by atoms with Crippen molar-refractivity contribution in [2.45, 2.75) is 0 Å². The minimum absolute atomic E-state index is 0.0219. The monoisotopic (exact) mass is 427 g/mol. The molecule has 0 saturated heterocycles. The Kier molecular flexibility index (Phi) is 6.36. The Morgan fingerprint density at radius 2 is 1.95 bits per heavy atom. The number of hydrogen-bond donors (Lipinski definition) is 4. The first-order valence-corrected chi connectivity index (χ1v) is 8.68. The number of carboxylic acid groups (broad SMARTS) is 1. The third-order valence-corrected chi connectivity index (χ3v) is 3.63. The van der Waals surface area contributed by atoms with E-state index in [0.29, 0.717) is 0 Å². The smallest absolute Gasteiger partial charge is 0.337 e. The zero-order valence-electron chi connectivity index (χ0n) is 11.0. The Morgan fingerprint density at radius 1 is 1.29 bits per heavy atom. The van der Waals surface area contributed by atoms with Gasteiger partial charge in [-0.3, -0.25) is 0 Å². The van der Waals surface area contributed by atoms with E-state index >= 15 is 0 Å². The Morgan fingerprint density at radius 3 is 2.52 bits per heavy atom. The lowest BCUT2D eigenvalue weighted by Gasteiger charge is -2.10. The zero-order chi connectivity index (χ0) is 16.0. The Hall–Kier alpha value is -1.40. The fourth-order valence-electron chi connectivity index (χ4n) is 1.38. The highest BCUT2D eigenvalue weighted by molar-refractivity contribution is 14.1. The topological polar surface area (TPSA) is 125 Å². The number of nitrogens with one attached hydrogen (secondary N) is 3. The fourth-order valence-corrected chi connectivity index (χ4v) is 2.35. The molecule has 0 spiro atoms. The fraction of sp³-hybridized carbons (Fsp3) is 0.273. The van der Waals surface area contributed by atoms with E-state index in [1.165, 1.54) is 12.1 Å². The summed E-state index contributed by atoms with van der Waals surface area (Å²) < 4.78 is 24.6. The van der Waals surface area contributed by atoms with Crippen molar-refractivity contribution in [2.24, 2.45) is 0 Å². The molecule has 0 heterocycles. The van der Waals surface area contributed by atoms with Gasteiger partial charge in [0.2, 0.25) is 10.0 Å². The van der Waals surface area contributed by atoms with E-state index in [4.69, 9.17) is 5.11 Å². The standard InChI is InChI=1S/C11H14IN3O5S/c1-21(19,20)14-5-4-13-11(18)15-9-3-2-7(12)6-8(9)10(16)17/h2-3,6,14H,4-5H2,1H3,(H,16,17)(H2,13,15,18). The normalized spacial score (nSPS) is 11.0. The van der Waals surface area contributed by atoms with Gasteiger partial charge in [-0.15, -0.1) is 0 Å². The second-order valence-electron chi connectivity index (χ2n) is 4.04. The van der Waals surface area contributed by atoms with Crippen LogP contribution in [0.2, 0.25) is 0 Å². The van der Waals surface area contributed by atoms with Crippen LogP contribution in [0, 0.1) is 3.57 Å². The first-order valence-electron chi connectivity index (χ1n) is 5.71. The molecule has 0 fully saturated rings. The molecule has 0 radical (unpaired) electrons. The summed E-state index contributed by atoms with van der Waals surface area (Å²) >= 11 is 1.97. The molecule has 0 atom stereocenters. The Labute approximate surface area is 135 Å². The van der Waals surface area contributed by atoms with Crippen molar-refractivity contribution in [3.8, 4) is 0 Å². The highest BCUT2D eigenvalue weighted by atomic mass is 127. The van der Waals surface area contributed by atoms with Crippen LogP contribution in [-0.2, 0) is 10.0 Å². The number of aromatic carboxylic acids is 1. The summed E-state index contributed by atoms with van der Waals surface area (Å²) in [6, 6.07) is 3.96. The summed E-state index contributed by atoms with van der Waals surface area (Å²) in [5.74, 6) is -1.15. The maximum absolute atomic E-state index is 11.6. The van der Waals surface area contributed by atoms with Gasteiger partial charge in [-0.05, 0) is 40.8 Å². The van der Waals surface area contributed by atoms with Crippen LogP contribution in [0.5, 0.6) is 0 Å². The van der Waals surface area contributed by atoms with Crippen LogP contribution in [0.1, 0.15) is 10.4 Å². The number of carbonyl (C=O) groups is 2. The van der Waals surface area contributed by atoms with E-state index in [-0.39, 0.29) is 24.3 Å². The maximum atomic E-state index is 11.6. The molecule has 1 aromatic rings. The minimum Gasteiger partial charge on any atom is -0.478 e. The molecule has 8 nitrogen and oxygen atoms in total. The third-order valence-electron chi connectivity index (χ3n) is 2.24. The summed E-state index contributed by atoms with van der Waals surface area (Å²) in [6.07, 6.45) is 1.01. The summed E-state index contributed by atoms with van der Waals surface area (Å²) in [4.78, 5) is 22.7. The molecule has 0 aliphatic heterocycles. The Balaban J connectivity index is 2.57. The van der Waals surface area contributed by atoms with Gasteiger partial charge in [-0.2, -0.15) is 0 Å². The van der Waals surface area contributed by atoms with Crippen molar-refractivity contribution in [1.82, 2.24) is 10.0 Å². The molecule has 0 aromatic heterocycles. The molecule has 0 saturated carbocycles. The summed E-state index contributed by atoms with van der Waals surface area (Å²) in [5, 5.41) is 13.9. The van der Waals surface area contributed by atoms with Gasteiger partial charge >= 0.3 is 12.0 Å². The van der Waals surface area contributed by atoms with Crippen molar-refractivity contribution in [1.29, 1.82) is 0 Å². The molecule has 0 bridgehead atoms. The number of halogens is 1. The van der Waals surface area contributed by atoms with Crippen molar-refractivity contribution >= 4 is 50.3 Å². The summed E-state index contributed by atoms with van der Waals surface area (Å²) in [6.45, 7) is 0.121. The molecular weight excluding hydrogens is 413 g/mol. The van der Waals surface area contributed by atoms with Crippen LogP contribution in [0.4, 0.5) is 10.5 Å². The quantitative estimate of drug-likeness (QED) is 0.392. The molecule has 1 aromatic carbocycles. The number of urea groups is 1. The molecule has 0 aliphatic rings. The molecule has 4 N–H and O–H groups in total. The predicted molar refractivity (Wildman–Crippen MR) is 86.0 cm³/mol. The lowest BCUT2D eigenvalue weighted by Crippen LogP contribution is -2.36. The highest BCUT2D eigenvalue weighted by Crippen LogP contribution is 2.18. The van der Waals surface area contributed by atoms with Gasteiger partial charge in [0.1, 0.15) is 0 Å². The zero-order valence-corrected chi connectivity index (χ0v) is 14.0. The second-order valence-corrected chi connectivity index (χ2v) is 7.12. The molecule has 0 aliphatic carbocycles. The van der Waals surface area contributed by atoms with Crippen LogP contribution < -0.4 is 15.4 Å². The number of amides is 2. The lowest BCUT2D eigenvalue weighted by molar-refractivity contribution is 0.0698. The average molecular weight is 427 g/mol. The average Bonchev–Trinajstić information content (AvgIpc) is 2.35. The number of anilines is 1. The van der Waals surface area contributed by atoms with Gasteiger partial charge in [-0.25, -0.2) is 22.7 Å². The first kappa shape index (κ1) is 17.7.